The van der Waals surface area contributed by atoms with Gasteiger partial charge in [-0.05, 0) is 24.6 Å². The Morgan fingerprint density at radius 2 is 2.08 bits per heavy atom. The molecule has 0 radical (unpaired) electrons. The predicted molar refractivity (Wildman–Crippen MR) is 86.8 cm³/mol. The van der Waals surface area contributed by atoms with Crippen molar-refractivity contribution in [2.75, 3.05) is 5.32 Å². The van der Waals surface area contributed by atoms with E-state index < -0.39 is 16.1 Å². The number of primary sulfonamides is 1. The summed E-state index contributed by atoms with van der Waals surface area (Å²) in [6.07, 6.45) is 0. The highest BCUT2D eigenvalue weighted by atomic mass is 32.2. The van der Waals surface area contributed by atoms with Crippen molar-refractivity contribution in [1.82, 2.24) is 15.5 Å². The number of rotatable bonds is 5. The van der Waals surface area contributed by atoms with Crippen LogP contribution in [0, 0.1) is 6.92 Å². The molecule has 130 valence electrons. The second-order valence-corrected chi connectivity index (χ2v) is 7.09. The lowest BCUT2D eigenvalue weighted by Crippen LogP contribution is -2.29. The zero-order valence-electron chi connectivity index (χ0n) is 13.5. The molecule has 0 saturated carbocycles. The summed E-state index contributed by atoms with van der Waals surface area (Å²) in [4.78, 5) is 16.0. The van der Waals surface area contributed by atoms with Crippen molar-refractivity contribution in [3.8, 4) is 0 Å². The first-order chi connectivity index (χ1) is 11.2. The van der Waals surface area contributed by atoms with Crippen LogP contribution < -0.4 is 15.8 Å². The zero-order chi connectivity index (χ0) is 17.9. The van der Waals surface area contributed by atoms with Crippen LogP contribution in [0.2, 0.25) is 0 Å². The molecular formula is C14H19N5O4S. The number of hydrogen-bond donors (Lipinski definition) is 3. The van der Waals surface area contributed by atoms with Crippen molar-refractivity contribution in [2.24, 2.45) is 5.14 Å². The maximum atomic E-state index is 12.0. The van der Waals surface area contributed by atoms with Gasteiger partial charge in [0, 0.05) is 11.6 Å². The number of nitrogens with two attached hydrogens (primary N) is 1. The number of aromatic nitrogens is 2. The smallest absolute Gasteiger partial charge is 0.319 e. The summed E-state index contributed by atoms with van der Waals surface area (Å²) in [7, 11) is -3.84. The Morgan fingerprint density at radius 3 is 2.67 bits per heavy atom. The van der Waals surface area contributed by atoms with E-state index in [9.17, 15) is 13.2 Å². The lowest BCUT2D eigenvalue weighted by atomic mass is 10.2. The summed E-state index contributed by atoms with van der Waals surface area (Å²) in [6.45, 7) is 5.64. The van der Waals surface area contributed by atoms with E-state index in [4.69, 9.17) is 9.66 Å². The molecule has 0 atom stereocenters. The van der Waals surface area contributed by atoms with Gasteiger partial charge in [-0.15, -0.1) is 0 Å². The Labute approximate surface area is 139 Å². The molecule has 2 rings (SSSR count). The fourth-order valence-corrected chi connectivity index (χ4v) is 2.35. The van der Waals surface area contributed by atoms with Crippen LogP contribution in [0.3, 0.4) is 0 Å². The van der Waals surface area contributed by atoms with E-state index in [1.165, 1.54) is 12.1 Å². The van der Waals surface area contributed by atoms with Gasteiger partial charge in [-0.1, -0.05) is 25.1 Å². The molecule has 0 saturated heterocycles. The summed E-state index contributed by atoms with van der Waals surface area (Å²) < 4.78 is 27.8. The zero-order valence-corrected chi connectivity index (χ0v) is 14.3. The second-order valence-electron chi connectivity index (χ2n) is 5.53. The minimum absolute atomic E-state index is 0.0793. The highest BCUT2D eigenvalue weighted by molar-refractivity contribution is 7.89. The number of aryl methyl sites for hydroxylation is 1. The number of amides is 2. The standard InChI is InChI=1S/C14H19N5O4S/c1-8(2)13-18-12(19-23-13)7-16-14(20)17-11-6-10(24(15,21)22)5-4-9(11)3/h4-6,8H,7H2,1-3H3,(H2,15,21,22)(H2,16,17,20). The Morgan fingerprint density at radius 1 is 1.38 bits per heavy atom. The quantitative estimate of drug-likeness (QED) is 0.743. The molecule has 24 heavy (non-hydrogen) atoms. The molecule has 0 aliphatic carbocycles. The van der Waals surface area contributed by atoms with E-state index in [-0.39, 0.29) is 17.4 Å². The van der Waals surface area contributed by atoms with Gasteiger partial charge in [-0.3, -0.25) is 0 Å². The van der Waals surface area contributed by atoms with E-state index >= 15 is 0 Å². The molecule has 0 aliphatic heterocycles. The second kappa shape index (κ2) is 6.97. The maximum absolute atomic E-state index is 12.0. The Bertz CT molecular complexity index is 845. The molecule has 1 heterocycles. The molecule has 10 heteroatoms. The molecule has 1 aromatic heterocycles. The Hall–Kier alpha value is -2.46. The number of carbonyl (C=O) groups excluding carboxylic acids is 1. The summed E-state index contributed by atoms with van der Waals surface area (Å²) in [5.41, 5.74) is 1.04. The first-order valence-corrected chi connectivity index (χ1v) is 8.72. The third-order valence-corrected chi connectivity index (χ3v) is 4.08. The van der Waals surface area contributed by atoms with Crippen LogP contribution in [-0.2, 0) is 16.6 Å². The van der Waals surface area contributed by atoms with Gasteiger partial charge < -0.3 is 15.2 Å². The molecule has 0 spiro atoms. The van der Waals surface area contributed by atoms with Crippen molar-refractivity contribution in [2.45, 2.75) is 38.1 Å². The van der Waals surface area contributed by atoms with Gasteiger partial charge in [0.15, 0.2) is 5.82 Å². The molecule has 0 fully saturated rings. The van der Waals surface area contributed by atoms with Gasteiger partial charge in [0.1, 0.15) is 0 Å². The van der Waals surface area contributed by atoms with Crippen molar-refractivity contribution >= 4 is 21.7 Å². The first-order valence-electron chi connectivity index (χ1n) is 7.17. The summed E-state index contributed by atoms with van der Waals surface area (Å²) in [5, 5.41) is 14.0. The van der Waals surface area contributed by atoms with E-state index in [0.717, 1.165) is 0 Å². The molecule has 9 nitrogen and oxygen atoms in total. The van der Waals surface area contributed by atoms with Gasteiger partial charge in [-0.2, -0.15) is 4.98 Å². The van der Waals surface area contributed by atoms with E-state index in [1.807, 2.05) is 13.8 Å². The number of benzene rings is 1. The van der Waals surface area contributed by atoms with Crippen LogP contribution in [0.5, 0.6) is 0 Å². The molecule has 0 unspecified atom stereocenters. The number of sulfonamides is 1. The summed E-state index contributed by atoms with van der Waals surface area (Å²) >= 11 is 0. The number of carbonyl (C=O) groups is 1. The summed E-state index contributed by atoms with van der Waals surface area (Å²) in [6, 6.07) is 3.71. The van der Waals surface area contributed by atoms with Crippen molar-refractivity contribution in [1.29, 1.82) is 0 Å². The number of hydrogen-bond acceptors (Lipinski definition) is 6. The SMILES string of the molecule is Cc1ccc(S(N)(=O)=O)cc1NC(=O)NCc1noc(C(C)C)n1. The average Bonchev–Trinajstić information content (AvgIpc) is 2.95. The van der Waals surface area contributed by atoms with Gasteiger partial charge in [-0.25, -0.2) is 18.4 Å². The van der Waals surface area contributed by atoms with Gasteiger partial charge in [0.05, 0.1) is 11.4 Å². The normalized spacial score (nSPS) is 11.5. The highest BCUT2D eigenvalue weighted by Crippen LogP contribution is 2.19. The minimum Gasteiger partial charge on any atom is -0.339 e. The van der Waals surface area contributed by atoms with Crippen LogP contribution in [0.25, 0.3) is 0 Å². The fourth-order valence-electron chi connectivity index (χ4n) is 1.81. The van der Waals surface area contributed by atoms with Crippen molar-refractivity contribution in [3.63, 3.8) is 0 Å². The summed E-state index contributed by atoms with van der Waals surface area (Å²) in [5.74, 6) is 0.941. The third-order valence-electron chi connectivity index (χ3n) is 3.17. The van der Waals surface area contributed by atoms with Crippen LogP contribution >= 0.6 is 0 Å². The monoisotopic (exact) mass is 353 g/mol. The predicted octanol–water partition coefficient (Wildman–Crippen LogP) is 1.47. The number of nitrogens with zero attached hydrogens (tertiary/aromatic N) is 2. The first kappa shape index (κ1) is 17.9. The van der Waals surface area contributed by atoms with Crippen molar-refractivity contribution < 1.29 is 17.7 Å². The largest absolute Gasteiger partial charge is 0.339 e. The Kier molecular flexibility index (Phi) is 5.20. The van der Waals surface area contributed by atoms with Crippen LogP contribution in [-0.4, -0.2) is 24.6 Å². The van der Waals surface area contributed by atoms with Gasteiger partial charge in [0.25, 0.3) is 0 Å². The number of urea groups is 1. The fraction of sp³-hybridized carbons (Fsp3) is 0.357. The highest BCUT2D eigenvalue weighted by Gasteiger charge is 2.13. The van der Waals surface area contributed by atoms with E-state index in [0.29, 0.717) is 23.0 Å². The van der Waals surface area contributed by atoms with E-state index in [1.54, 1.807) is 13.0 Å². The average molecular weight is 353 g/mol. The molecule has 4 N–H and O–H groups in total. The number of nitrogens with one attached hydrogen (secondary N) is 2. The molecule has 2 amide bonds. The lowest BCUT2D eigenvalue weighted by molar-refractivity contribution is 0.251. The third kappa shape index (κ3) is 4.52. The molecule has 1 aromatic carbocycles. The molecule has 2 aromatic rings. The van der Waals surface area contributed by atoms with Crippen LogP contribution in [0.4, 0.5) is 10.5 Å². The topological polar surface area (TPSA) is 140 Å². The lowest BCUT2D eigenvalue weighted by Gasteiger charge is -2.10. The number of anilines is 1. The van der Waals surface area contributed by atoms with Crippen molar-refractivity contribution in [3.05, 3.63) is 35.5 Å². The molecule has 0 bridgehead atoms. The minimum atomic E-state index is -3.84. The van der Waals surface area contributed by atoms with Crippen LogP contribution in [0.15, 0.2) is 27.6 Å². The van der Waals surface area contributed by atoms with Gasteiger partial charge in [0.2, 0.25) is 15.9 Å². The molecule has 0 aliphatic rings. The Balaban J connectivity index is 2.01. The molecular weight excluding hydrogens is 334 g/mol. The van der Waals surface area contributed by atoms with E-state index in [2.05, 4.69) is 20.8 Å². The van der Waals surface area contributed by atoms with Crippen LogP contribution in [0.1, 0.15) is 37.0 Å². The van der Waals surface area contributed by atoms with Gasteiger partial charge >= 0.3 is 6.03 Å². The maximum Gasteiger partial charge on any atom is 0.319 e.